The fourth-order valence-electron chi connectivity index (χ4n) is 3.68. The lowest BCUT2D eigenvalue weighted by Crippen LogP contribution is -2.15. The zero-order chi connectivity index (χ0) is 25.7. The summed E-state index contributed by atoms with van der Waals surface area (Å²) in [6, 6.07) is 21.9. The molecule has 0 atom stereocenters. The highest BCUT2D eigenvalue weighted by atomic mass is 79.9. The van der Waals surface area contributed by atoms with E-state index in [-0.39, 0.29) is 23.6 Å². The number of aromatic nitrogens is 2. The molecule has 0 saturated carbocycles. The van der Waals surface area contributed by atoms with Gasteiger partial charge in [-0.1, -0.05) is 46.3 Å². The van der Waals surface area contributed by atoms with Crippen molar-refractivity contribution in [1.29, 1.82) is 0 Å². The van der Waals surface area contributed by atoms with Crippen molar-refractivity contribution in [3.8, 4) is 28.4 Å². The Morgan fingerprint density at radius 2 is 1.61 bits per heavy atom. The maximum atomic E-state index is 12.9. The van der Waals surface area contributed by atoms with Gasteiger partial charge in [0.2, 0.25) is 0 Å². The third-order valence-electron chi connectivity index (χ3n) is 5.37. The fraction of sp³-hybridized carbons (Fsp3) is 0.148. The largest absolute Gasteiger partial charge is 0.493 e. The summed E-state index contributed by atoms with van der Waals surface area (Å²) >= 11 is 3.46. The van der Waals surface area contributed by atoms with Crippen LogP contribution < -0.4 is 9.47 Å². The molecule has 0 bridgehead atoms. The summed E-state index contributed by atoms with van der Waals surface area (Å²) in [5.74, 6) is -0.499. The number of hydrogen-bond donors (Lipinski definition) is 0. The van der Waals surface area contributed by atoms with Crippen molar-refractivity contribution < 1.29 is 28.5 Å². The summed E-state index contributed by atoms with van der Waals surface area (Å²) in [6.07, 6.45) is 0. The molecule has 0 unspecified atom stereocenters. The van der Waals surface area contributed by atoms with Crippen LogP contribution in [0.25, 0.3) is 16.9 Å². The number of rotatable bonds is 8. The summed E-state index contributed by atoms with van der Waals surface area (Å²) in [7, 11) is 4.03. The SMILES string of the molecule is COC(=O)c1c(-c2ccc(OC)c(OCc3cccc(Br)c3)c2)nn(-c2ccccc2)c1C(=O)OC. The van der Waals surface area contributed by atoms with E-state index in [1.54, 1.807) is 49.6 Å². The van der Waals surface area contributed by atoms with Crippen LogP contribution in [0.2, 0.25) is 0 Å². The third kappa shape index (κ3) is 5.11. The number of methoxy groups -OCH3 is 3. The molecule has 4 rings (SSSR count). The average molecular weight is 551 g/mol. The number of esters is 2. The molecule has 1 aromatic heterocycles. The van der Waals surface area contributed by atoms with Gasteiger partial charge in [-0.2, -0.15) is 5.10 Å². The summed E-state index contributed by atoms with van der Waals surface area (Å²) in [5, 5.41) is 4.63. The lowest BCUT2D eigenvalue weighted by atomic mass is 10.0. The van der Waals surface area contributed by atoms with E-state index in [1.807, 2.05) is 30.3 Å². The normalized spacial score (nSPS) is 10.6. The van der Waals surface area contributed by atoms with E-state index in [4.69, 9.17) is 18.9 Å². The smallest absolute Gasteiger partial charge is 0.357 e. The molecule has 0 radical (unpaired) electrons. The molecule has 0 aliphatic rings. The Hall–Kier alpha value is -4.11. The molecule has 1 heterocycles. The van der Waals surface area contributed by atoms with Gasteiger partial charge in [-0.05, 0) is 48.0 Å². The van der Waals surface area contributed by atoms with E-state index >= 15 is 0 Å². The lowest BCUT2D eigenvalue weighted by Gasteiger charge is -2.12. The maximum Gasteiger partial charge on any atom is 0.357 e. The van der Waals surface area contributed by atoms with Gasteiger partial charge in [0.05, 0.1) is 27.0 Å². The number of halogens is 1. The predicted octanol–water partition coefficient (Wildman–Crippen LogP) is 5.46. The van der Waals surface area contributed by atoms with Crippen LogP contribution >= 0.6 is 15.9 Å². The zero-order valence-electron chi connectivity index (χ0n) is 19.9. The first-order valence-electron chi connectivity index (χ1n) is 10.9. The lowest BCUT2D eigenvalue weighted by molar-refractivity contribution is 0.0549. The van der Waals surface area contributed by atoms with Gasteiger partial charge >= 0.3 is 11.9 Å². The average Bonchev–Trinajstić information content (AvgIpc) is 3.32. The van der Waals surface area contributed by atoms with Gasteiger partial charge in [0.1, 0.15) is 17.9 Å². The van der Waals surface area contributed by atoms with Crippen molar-refractivity contribution in [2.24, 2.45) is 0 Å². The minimum absolute atomic E-state index is 0.0173. The fourth-order valence-corrected chi connectivity index (χ4v) is 4.13. The van der Waals surface area contributed by atoms with Crippen molar-refractivity contribution in [1.82, 2.24) is 9.78 Å². The number of para-hydroxylation sites is 1. The van der Waals surface area contributed by atoms with E-state index in [2.05, 4.69) is 21.0 Å². The molecule has 0 amide bonds. The molecule has 0 aliphatic carbocycles. The minimum Gasteiger partial charge on any atom is -0.493 e. The monoisotopic (exact) mass is 550 g/mol. The number of nitrogens with zero attached hydrogens (tertiary/aromatic N) is 2. The Bertz CT molecular complexity index is 1400. The van der Waals surface area contributed by atoms with Gasteiger partial charge in [0.15, 0.2) is 17.2 Å². The third-order valence-corrected chi connectivity index (χ3v) is 5.87. The van der Waals surface area contributed by atoms with Gasteiger partial charge in [-0.3, -0.25) is 0 Å². The first kappa shape index (κ1) is 25.0. The van der Waals surface area contributed by atoms with Gasteiger partial charge in [0.25, 0.3) is 0 Å². The molecule has 0 spiro atoms. The van der Waals surface area contributed by atoms with Crippen LogP contribution in [0.5, 0.6) is 11.5 Å². The number of carbonyl (C=O) groups excluding carboxylic acids is 2. The molecule has 4 aromatic rings. The minimum atomic E-state index is -0.724. The van der Waals surface area contributed by atoms with Crippen molar-refractivity contribution in [3.05, 3.63) is 94.1 Å². The number of ether oxygens (including phenoxy) is 4. The topological polar surface area (TPSA) is 88.9 Å². The second-order valence-electron chi connectivity index (χ2n) is 7.59. The van der Waals surface area contributed by atoms with Gasteiger partial charge in [0, 0.05) is 10.0 Å². The van der Waals surface area contributed by atoms with Crippen molar-refractivity contribution in [3.63, 3.8) is 0 Å². The highest BCUT2D eigenvalue weighted by Gasteiger charge is 2.31. The van der Waals surface area contributed by atoms with E-state index in [9.17, 15) is 9.59 Å². The van der Waals surface area contributed by atoms with Crippen LogP contribution in [0.4, 0.5) is 0 Å². The highest BCUT2D eigenvalue weighted by molar-refractivity contribution is 9.10. The molecule has 0 fully saturated rings. The quantitative estimate of drug-likeness (QED) is 0.269. The van der Waals surface area contributed by atoms with E-state index in [0.29, 0.717) is 22.7 Å². The Balaban J connectivity index is 1.85. The number of carbonyl (C=O) groups is 2. The number of benzene rings is 3. The molecule has 3 aromatic carbocycles. The summed E-state index contributed by atoms with van der Waals surface area (Å²) in [5.41, 5.74) is 2.23. The first-order chi connectivity index (χ1) is 17.5. The van der Waals surface area contributed by atoms with Crippen LogP contribution in [0.15, 0.2) is 77.3 Å². The molecule has 9 heteroatoms. The second kappa shape index (κ2) is 11.1. The standard InChI is InChI=1S/C27H23BrN2O6/c1-33-21-13-12-18(15-22(21)36-16-17-8-7-9-19(28)14-17)24-23(26(31)34-2)25(27(32)35-3)30(29-24)20-10-5-4-6-11-20/h4-15H,16H2,1-3H3. The molecule has 0 saturated heterocycles. The van der Waals surface area contributed by atoms with Crippen LogP contribution in [0.3, 0.4) is 0 Å². The van der Waals surface area contributed by atoms with Crippen LogP contribution in [0, 0.1) is 0 Å². The number of hydrogen-bond acceptors (Lipinski definition) is 7. The molecule has 0 aliphatic heterocycles. The van der Waals surface area contributed by atoms with Crippen molar-refractivity contribution in [2.45, 2.75) is 6.61 Å². The summed E-state index contributed by atoms with van der Waals surface area (Å²) in [4.78, 5) is 25.7. The molecule has 8 nitrogen and oxygen atoms in total. The maximum absolute atomic E-state index is 12.9. The predicted molar refractivity (Wildman–Crippen MR) is 137 cm³/mol. The highest BCUT2D eigenvalue weighted by Crippen LogP contribution is 2.36. The zero-order valence-corrected chi connectivity index (χ0v) is 21.4. The van der Waals surface area contributed by atoms with Crippen LogP contribution in [0.1, 0.15) is 26.4 Å². The second-order valence-corrected chi connectivity index (χ2v) is 8.50. The molecular formula is C27H23BrN2O6. The molecule has 36 heavy (non-hydrogen) atoms. The van der Waals surface area contributed by atoms with Gasteiger partial charge < -0.3 is 18.9 Å². The molecule has 0 N–H and O–H groups in total. The molecular weight excluding hydrogens is 528 g/mol. The Morgan fingerprint density at radius 3 is 2.28 bits per heavy atom. The van der Waals surface area contributed by atoms with Gasteiger partial charge in [-0.15, -0.1) is 0 Å². The Kier molecular flexibility index (Phi) is 7.70. The van der Waals surface area contributed by atoms with Gasteiger partial charge in [-0.25, -0.2) is 14.3 Å². The van der Waals surface area contributed by atoms with Crippen LogP contribution in [-0.4, -0.2) is 43.0 Å². The summed E-state index contributed by atoms with van der Waals surface area (Å²) in [6.45, 7) is 0.287. The van der Waals surface area contributed by atoms with E-state index in [0.717, 1.165) is 10.0 Å². The van der Waals surface area contributed by atoms with Crippen LogP contribution in [-0.2, 0) is 16.1 Å². The van der Waals surface area contributed by atoms with Crippen molar-refractivity contribution >= 4 is 27.9 Å². The Morgan fingerprint density at radius 1 is 0.861 bits per heavy atom. The van der Waals surface area contributed by atoms with Crippen molar-refractivity contribution in [2.75, 3.05) is 21.3 Å². The summed E-state index contributed by atoms with van der Waals surface area (Å²) < 4.78 is 23.8. The Labute approximate surface area is 216 Å². The first-order valence-corrected chi connectivity index (χ1v) is 11.7. The molecule has 184 valence electrons. The van der Waals surface area contributed by atoms with E-state index < -0.39 is 11.9 Å². The van der Waals surface area contributed by atoms with E-state index in [1.165, 1.54) is 18.9 Å².